The summed E-state index contributed by atoms with van der Waals surface area (Å²) < 4.78 is 12.6. The van der Waals surface area contributed by atoms with Crippen molar-refractivity contribution in [3.05, 3.63) is 33.3 Å². The maximum Gasteiger partial charge on any atom is 0.252 e. The van der Waals surface area contributed by atoms with Crippen molar-refractivity contribution < 1.29 is 14.3 Å². The highest BCUT2D eigenvalue weighted by Gasteiger charge is 2.43. The Morgan fingerprint density at radius 1 is 1.43 bits per heavy atom. The first-order valence-corrected chi connectivity index (χ1v) is 8.30. The average Bonchev–Trinajstić information content (AvgIpc) is 3.09. The molecule has 4 nitrogen and oxygen atoms in total. The summed E-state index contributed by atoms with van der Waals surface area (Å²) in [4.78, 5) is 12.2. The van der Waals surface area contributed by atoms with Crippen LogP contribution in [0.3, 0.4) is 0 Å². The first-order valence-electron chi connectivity index (χ1n) is 7.13. The first kappa shape index (κ1) is 15.3. The lowest BCUT2D eigenvalue weighted by atomic mass is 10.2. The molecule has 1 aliphatic heterocycles. The van der Waals surface area contributed by atoms with E-state index >= 15 is 0 Å². The molecule has 1 heterocycles. The molecule has 1 saturated carbocycles. The maximum absolute atomic E-state index is 12.2. The van der Waals surface area contributed by atoms with Crippen LogP contribution in [0.15, 0.2) is 22.7 Å². The number of benzene rings is 1. The van der Waals surface area contributed by atoms with Crippen molar-refractivity contribution in [2.24, 2.45) is 0 Å². The van der Waals surface area contributed by atoms with Gasteiger partial charge in [0.05, 0.1) is 17.2 Å². The smallest absolute Gasteiger partial charge is 0.252 e. The second kappa shape index (κ2) is 6.24. The second-order valence-corrected chi connectivity index (χ2v) is 6.83. The van der Waals surface area contributed by atoms with Gasteiger partial charge in [-0.3, -0.25) is 4.79 Å². The molecule has 114 valence electrons. The van der Waals surface area contributed by atoms with Gasteiger partial charge in [-0.05, 0) is 31.0 Å². The zero-order valence-electron chi connectivity index (χ0n) is 11.5. The predicted molar refractivity (Wildman–Crippen MR) is 83.5 cm³/mol. The van der Waals surface area contributed by atoms with Crippen molar-refractivity contribution in [1.29, 1.82) is 0 Å². The second-order valence-electron chi connectivity index (χ2n) is 5.50. The summed E-state index contributed by atoms with van der Waals surface area (Å²) >= 11 is 9.39. The van der Waals surface area contributed by atoms with Crippen LogP contribution in [0, 0.1) is 0 Å². The lowest BCUT2D eigenvalue weighted by Gasteiger charge is -2.22. The van der Waals surface area contributed by atoms with Crippen LogP contribution >= 0.6 is 27.5 Å². The highest BCUT2D eigenvalue weighted by Crippen LogP contribution is 2.39. The predicted octanol–water partition coefficient (Wildman–Crippen LogP) is 3.52. The largest absolute Gasteiger partial charge is 0.349 e. The number of carbonyl (C=O) groups is 1. The van der Waals surface area contributed by atoms with Gasteiger partial charge in [0.1, 0.15) is 6.10 Å². The molecule has 1 N–H and O–H groups in total. The fourth-order valence-corrected chi connectivity index (χ4v) is 3.43. The highest BCUT2D eigenvalue weighted by atomic mass is 79.9. The topological polar surface area (TPSA) is 47.6 Å². The van der Waals surface area contributed by atoms with E-state index in [9.17, 15) is 4.79 Å². The van der Waals surface area contributed by atoms with E-state index < -0.39 is 0 Å². The molecule has 6 heteroatoms. The number of rotatable bonds is 3. The molecule has 2 fully saturated rings. The number of amides is 1. The Kier molecular flexibility index (Phi) is 4.54. The number of nitrogens with one attached hydrogen (secondary N) is 1. The Balaban J connectivity index is 1.56. The molecule has 3 rings (SSSR count). The molecule has 2 aliphatic rings. The molecule has 1 amide bonds. The Hall–Kier alpha value is -0.620. The monoisotopic (exact) mass is 373 g/mol. The number of carbonyl (C=O) groups excluding carboxylic acids is 1. The van der Waals surface area contributed by atoms with Gasteiger partial charge in [0, 0.05) is 23.9 Å². The first-order chi connectivity index (χ1) is 10.1. The van der Waals surface area contributed by atoms with Crippen LogP contribution in [0.1, 0.15) is 36.0 Å². The van der Waals surface area contributed by atoms with Gasteiger partial charge in [0.25, 0.3) is 5.91 Å². The minimum Gasteiger partial charge on any atom is -0.349 e. The Morgan fingerprint density at radius 3 is 2.95 bits per heavy atom. The summed E-state index contributed by atoms with van der Waals surface area (Å²) in [6.07, 6.45) is 4.11. The Labute approximate surface area is 137 Å². The van der Waals surface area contributed by atoms with Crippen LogP contribution in [0.25, 0.3) is 0 Å². The van der Waals surface area contributed by atoms with E-state index in [1.54, 1.807) is 18.2 Å². The SMILES string of the molecule is O=C(NC[C@@H]1COC2(CCCC2)O1)c1cc(Br)ccc1Cl. The molecular weight excluding hydrogens is 358 g/mol. The Morgan fingerprint density at radius 2 is 2.19 bits per heavy atom. The Bertz CT molecular complexity index is 546. The van der Waals surface area contributed by atoms with Crippen molar-refractivity contribution >= 4 is 33.4 Å². The van der Waals surface area contributed by atoms with Gasteiger partial charge in [-0.25, -0.2) is 0 Å². The van der Waals surface area contributed by atoms with Gasteiger partial charge < -0.3 is 14.8 Å². The fraction of sp³-hybridized carbons (Fsp3) is 0.533. The molecule has 1 spiro atoms. The minimum atomic E-state index is -0.386. The van der Waals surface area contributed by atoms with Gasteiger partial charge in [-0.2, -0.15) is 0 Å². The zero-order chi connectivity index (χ0) is 14.9. The highest BCUT2D eigenvalue weighted by molar-refractivity contribution is 9.10. The molecule has 1 aromatic carbocycles. The lowest BCUT2D eigenvalue weighted by Crippen LogP contribution is -2.35. The van der Waals surface area contributed by atoms with E-state index in [1.165, 1.54) is 0 Å². The fourth-order valence-electron chi connectivity index (χ4n) is 2.87. The zero-order valence-corrected chi connectivity index (χ0v) is 13.9. The molecule has 1 aliphatic carbocycles. The van der Waals surface area contributed by atoms with Gasteiger partial charge in [-0.15, -0.1) is 0 Å². The van der Waals surface area contributed by atoms with Gasteiger partial charge in [-0.1, -0.05) is 27.5 Å². The number of hydrogen-bond acceptors (Lipinski definition) is 3. The van der Waals surface area contributed by atoms with Crippen molar-refractivity contribution in [2.75, 3.05) is 13.2 Å². The third-order valence-corrected chi connectivity index (χ3v) is 4.77. The number of hydrogen-bond donors (Lipinski definition) is 1. The summed E-state index contributed by atoms with van der Waals surface area (Å²) in [5.41, 5.74) is 0.459. The van der Waals surface area contributed by atoms with Crippen molar-refractivity contribution in [2.45, 2.75) is 37.6 Å². The third-order valence-electron chi connectivity index (χ3n) is 3.94. The number of halogens is 2. The molecule has 1 aromatic rings. The van der Waals surface area contributed by atoms with Crippen molar-refractivity contribution in [1.82, 2.24) is 5.32 Å². The van der Waals surface area contributed by atoms with E-state index in [0.717, 1.165) is 30.2 Å². The average molecular weight is 375 g/mol. The van der Waals surface area contributed by atoms with Gasteiger partial charge in [0.15, 0.2) is 5.79 Å². The van der Waals surface area contributed by atoms with E-state index in [4.69, 9.17) is 21.1 Å². The molecule has 0 bridgehead atoms. The van der Waals surface area contributed by atoms with E-state index in [-0.39, 0.29) is 17.8 Å². The molecule has 1 atom stereocenters. The van der Waals surface area contributed by atoms with Crippen LogP contribution in [0.2, 0.25) is 5.02 Å². The maximum atomic E-state index is 12.2. The third kappa shape index (κ3) is 3.42. The molecular formula is C15H17BrClNO3. The normalized spacial score (nSPS) is 23.6. The summed E-state index contributed by atoms with van der Waals surface area (Å²) in [7, 11) is 0. The van der Waals surface area contributed by atoms with E-state index in [2.05, 4.69) is 21.2 Å². The van der Waals surface area contributed by atoms with Gasteiger partial charge in [0.2, 0.25) is 0 Å². The summed E-state index contributed by atoms with van der Waals surface area (Å²) in [6, 6.07) is 5.21. The summed E-state index contributed by atoms with van der Waals surface area (Å²) in [6.45, 7) is 0.968. The van der Waals surface area contributed by atoms with Crippen molar-refractivity contribution in [3.63, 3.8) is 0 Å². The minimum absolute atomic E-state index is 0.0852. The van der Waals surface area contributed by atoms with Crippen LogP contribution in [0.5, 0.6) is 0 Å². The van der Waals surface area contributed by atoms with Crippen LogP contribution in [0.4, 0.5) is 0 Å². The van der Waals surface area contributed by atoms with E-state index in [1.807, 2.05) is 0 Å². The van der Waals surface area contributed by atoms with Crippen LogP contribution in [-0.2, 0) is 9.47 Å². The van der Waals surface area contributed by atoms with Crippen LogP contribution < -0.4 is 5.32 Å². The molecule has 0 aromatic heterocycles. The molecule has 0 radical (unpaired) electrons. The standard InChI is InChI=1S/C15H17BrClNO3/c16-10-3-4-13(17)12(7-10)14(19)18-8-11-9-20-15(21-11)5-1-2-6-15/h3-4,7,11H,1-2,5-6,8-9H2,(H,18,19)/t11-/m1/s1. The lowest BCUT2D eigenvalue weighted by molar-refractivity contribution is -0.161. The molecule has 1 saturated heterocycles. The van der Waals surface area contributed by atoms with E-state index in [0.29, 0.717) is 23.7 Å². The van der Waals surface area contributed by atoms with Crippen LogP contribution in [-0.4, -0.2) is 30.9 Å². The van der Waals surface area contributed by atoms with Crippen molar-refractivity contribution in [3.8, 4) is 0 Å². The quantitative estimate of drug-likeness (QED) is 0.880. The molecule has 21 heavy (non-hydrogen) atoms. The molecule has 0 unspecified atom stereocenters. The summed E-state index contributed by atoms with van der Waals surface area (Å²) in [5.74, 6) is -0.583. The summed E-state index contributed by atoms with van der Waals surface area (Å²) in [5, 5.41) is 3.30. The van der Waals surface area contributed by atoms with Gasteiger partial charge >= 0.3 is 0 Å². The number of ether oxygens (including phenoxy) is 2.